The Morgan fingerprint density at radius 3 is 2.15 bits per heavy atom. The molecule has 5 atom stereocenters. The van der Waals surface area contributed by atoms with Crippen LogP contribution in [-0.4, -0.2) is 85.8 Å². The average molecular weight is 488 g/mol. The van der Waals surface area contributed by atoms with Crippen LogP contribution in [0.1, 0.15) is 25.5 Å². The minimum Gasteiger partial charge on any atom is -0.480 e. The Kier molecular flexibility index (Phi) is 11.3. The van der Waals surface area contributed by atoms with Crippen molar-refractivity contribution >= 4 is 42.2 Å². The molecule has 0 bridgehead atoms. The molecule has 0 aliphatic rings. The smallest absolute Gasteiger partial charge is 0.326 e. The lowest BCUT2D eigenvalue weighted by molar-refractivity contribution is -0.142. The van der Waals surface area contributed by atoms with Gasteiger partial charge in [0.2, 0.25) is 23.6 Å². The normalized spacial score (nSPS) is 15.4. The van der Waals surface area contributed by atoms with Crippen LogP contribution >= 0.6 is 12.6 Å². The molecular weight excluding hydrogens is 458 g/mol. The molecule has 1 heterocycles. The van der Waals surface area contributed by atoms with Gasteiger partial charge < -0.3 is 42.6 Å². The van der Waals surface area contributed by atoms with Gasteiger partial charge in [-0.1, -0.05) is 0 Å². The topological polar surface area (TPSA) is 243 Å². The van der Waals surface area contributed by atoms with Gasteiger partial charge in [0.15, 0.2) is 0 Å². The lowest BCUT2D eigenvalue weighted by Crippen LogP contribution is -2.58. The van der Waals surface area contributed by atoms with E-state index < -0.39 is 59.9 Å². The number of aliphatic hydroxyl groups excluding tert-OH is 1. The fourth-order valence-corrected chi connectivity index (χ4v) is 2.85. The minimum atomic E-state index is -1.35. The van der Waals surface area contributed by atoms with Crippen LogP contribution < -0.4 is 27.4 Å². The summed E-state index contributed by atoms with van der Waals surface area (Å²) in [7, 11) is 0. The number of carbonyl (C=O) groups excluding carboxylic acids is 4. The standard InChI is InChI=1S/C18H29N7O7S/c1-8(26)14(20)17(30)25-12(6-33)16(29)23-10(2-3-13(19)27)15(28)24-11(18(31)32)4-9-5-21-7-22-9/h5,7-8,10-12,14,26,33H,2-4,6,20H2,1H3,(H2,19,27)(H,21,22)(H,23,29)(H,24,28)(H,25,30)(H,31,32). The fourth-order valence-electron chi connectivity index (χ4n) is 2.60. The van der Waals surface area contributed by atoms with Gasteiger partial charge in [0.25, 0.3) is 0 Å². The summed E-state index contributed by atoms with van der Waals surface area (Å²) in [6.45, 7) is 1.30. The predicted molar refractivity (Wildman–Crippen MR) is 118 cm³/mol. The molecule has 4 amide bonds. The maximum atomic E-state index is 12.7. The number of aromatic nitrogens is 2. The van der Waals surface area contributed by atoms with E-state index in [-0.39, 0.29) is 25.0 Å². The molecule has 0 aromatic carbocycles. The van der Waals surface area contributed by atoms with Gasteiger partial charge in [-0.15, -0.1) is 0 Å². The Labute approximate surface area is 194 Å². The number of H-pyrrole nitrogens is 1. The maximum absolute atomic E-state index is 12.7. The number of hydrogen-bond acceptors (Lipinski definition) is 9. The monoisotopic (exact) mass is 487 g/mol. The van der Waals surface area contributed by atoms with E-state index in [1.807, 2.05) is 0 Å². The number of primary amides is 1. The number of nitrogens with one attached hydrogen (secondary N) is 4. The van der Waals surface area contributed by atoms with Gasteiger partial charge in [-0.05, 0) is 13.3 Å². The number of aliphatic hydroxyl groups is 1. The van der Waals surface area contributed by atoms with Crippen LogP contribution in [0.4, 0.5) is 0 Å². The highest BCUT2D eigenvalue weighted by Gasteiger charge is 2.30. The molecule has 0 aliphatic heterocycles. The summed E-state index contributed by atoms with van der Waals surface area (Å²) in [5.41, 5.74) is 11.1. The van der Waals surface area contributed by atoms with Gasteiger partial charge in [-0.3, -0.25) is 19.2 Å². The molecule has 1 rings (SSSR count). The molecular formula is C18H29N7O7S. The van der Waals surface area contributed by atoms with Gasteiger partial charge in [-0.2, -0.15) is 12.6 Å². The number of carboxylic acids is 1. The zero-order valence-electron chi connectivity index (χ0n) is 17.9. The third-order valence-corrected chi connectivity index (χ3v) is 4.91. The molecule has 5 unspecified atom stereocenters. The Morgan fingerprint density at radius 2 is 1.67 bits per heavy atom. The van der Waals surface area contributed by atoms with Crippen molar-refractivity contribution in [1.29, 1.82) is 0 Å². The van der Waals surface area contributed by atoms with E-state index >= 15 is 0 Å². The fraction of sp³-hybridized carbons (Fsp3) is 0.556. The number of nitrogens with two attached hydrogens (primary N) is 2. The largest absolute Gasteiger partial charge is 0.480 e. The molecule has 184 valence electrons. The molecule has 0 fully saturated rings. The molecule has 1 aromatic rings. The number of carbonyl (C=O) groups is 5. The predicted octanol–water partition coefficient (Wildman–Crippen LogP) is -3.61. The highest BCUT2D eigenvalue weighted by molar-refractivity contribution is 7.80. The van der Waals surface area contributed by atoms with E-state index in [0.717, 1.165) is 0 Å². The molecule has 14 nitrogen and oxygen atoms in total. The number of nitrogens with zero attached hydrogens (tertiary/aromatic N) is 1. The van der Waals surface area contributed by atoms with Gasteiger partial charge in [0.05, 0.1) is 12.4 Å². The first kappa shape index (κ1) is 27.9. The number of hydrogen-bond donors (Lipinski definition) is 9. The lowest BCUT2D eigenvalue weighted by atomic mass is 10.1. The Hall–Kier alpha value is -3.17. The van der Waals surface area contributed by atoms with Crippen LogP contribution in [0.5, 0.6) is 0 Å². The van der Waals surface area contributed by atoms with Crippen LogP contribution in [0.15, 0.2) is 12.5 Å². The number of carboxylic acid groups (broad SMARTS) is 1. The van der Waals surface area contributed by atoms with Crippen molar-refractivity contribution in [3.05, 3.63) is 18.2 Å². The Morgan fingerprint density at radius 1 is 1.09 bits per heavy atom. The lowest BCUT2D eigenvalue weighted by Gasteiger charge is -2.24. The van der Waals surface area contributed by atoms with Crippen molar-refractivity contribution in [3.8, 4) is 0 Å². The number of imidazole rings is 1. The van der Waals surface area contributed by atoms with Gasteiger partial charge >= 0.3 is 5.97 Å². The number of amides is 4. The summed E-state index contributed by atoms with van der Waals surface area (Å²) < 4.78 is 0. The van der Waals surface area contributed by atoms with Crippen molar-refractivity contribution in [1.82, 2.24) is 25.9 Å². The molecule has 10 N–H and O–H groups in total. The van der Waals surface area contributed by atoms with Crippen molar-refractivity contribution in [2.24, 2.45) is 11.5 Å². The van der Waals surface area contributed by atoms with Crippen molar-refractivity contribution in [2.75, 3.05) is 5.75 Å². The first-order chi connectivity index (χ1) is 15.5. The second kappa shape index (κ2) is 13.4. The zero-order valence-corrected chi connectivity index (χ0v) is 18.7. The molecule has 0 radical (unpaired) electrons. The summed E-state index contributed by atoms with van der Waals surface area (Å²) in [6, 6.07) is -5.21. The first-order valence-electron chi connectivity index (χ1n) is 9.90. The summed E-state index contributed by atoms with van der Waals surface area (Å²) in [5, 5.41) is 25.8. The van der Waals surface area contributed by atoms with Crippen LogP contribution in [0, 0.1) is 0 Å². The third-order valence-electron chi connectivity index (χ3n) is 4.54. The van der Waals surface area contributed by atoms with Crippen LogP contribution in [0.2, 0.25) is 0 Å². The number of aromatic amines is 1. The number of aliphatic carboxylic acids is 1. The van der Waals surface area contributed by atoms with Crippen LogP contribution in [-0.2, 0) is 30.4 Å². The molecule has 33 heavy (non-hydrogen) atoms. The van der Waals surface area contributed by atoms with Gasteiger partial charge in [-0.25, -0.2) is 9.78 Å². The van der Waals surface area contributed by atoms with Gasteiger partial charge in [0.1, 0.15) is 24.2 Å². The number of thiol groups is 1. The molecule has 0 spiro atoms. The van der Waals surface area contributed by atoms with E-state index in [1.54, 1.807) is 0 Å². The maximum Gasteiger partial charge on any atom is 0.326 e. The Balaban J connectivity index is 2.92. The summed E-state index contributed by atoms with van der Waals surface area (Å²) in [6.07, 6.45) is 0.966. The van der Waals surface area contributed by atoms with E-state index in [9.17, 15) is 34.2 Å². The second-order valence-corrected chi connectivity index (χ2v) is 7.62. The zero-order chi connectivity index (χ0) is 25.1. The van der Waals surface area contributed by atoms with Crippen molar-refractivity contribution < 1.29 is 34.2 Å². The molecule has 0 aliphatic carbocycles. The first-order valence-corrected chi connectivity index (χ1v) is 10.5. The van der Waals surface area contributed by atoms with E-state index in [1.165, 1.54) is 19.4 Å². The molecule has 0 saturated carbocycles. The van der Waals surface area contributed by atoms with Crippen LogP contribution in [0.25, 0.3) is 0 Å². The highest BCUT2D eigenvalue weighted by atomic mass is 32.1. The van der Waals surface area contributed by atoms with E-state index in [0.29, 0.717) is 5.69 Å². The summed E-state index contributed by atoms with van der Waals surface area (Å²) >= 11 is 4.00. The molecule has 15 heteroatoms. The average Bonchev–Trinajstić information content (AvgIpc) is 3.26. The van der Waals surface area contributed by atoms with Gasteiger partial charge in [0, 0.05) is 30.5 Å². The highest BCUT2D eigenvalue weighted by Crippen LogP contribution is 2.04. The Bertz CT molecular complexity index is 834. The van der Waals surface area contributed by atoms with E-state index in [2.05, 4.69) is 38.5 Å². The molecule has 0 saturated heterocycles. The SMILES string of the molecule is CC(O)C(N)C(=O)NC(CS)C(=O)NC(CCC(N)=O)C(=O)NC(Cc1cnc[nH]1)C(=O)O. The quantitative estimate of drug-likeness (QED) is 0.117. The van der Waals surface area contributed by atoms with Crippen LogP contribution in [0.3, 0.4) is 0 Å². The van der Waals surface area contributed by atoms with Crippen molar-refractivity contribution in [2.45, 2.75) is 56.5 Å². The summed E-state index contributed by atoms with van der Waals surface area (Å²) in [5.74, 6) is -4.77. The minimum absolute atomic E-state index is 0.107. The van der Waals surface area contributed by atoms with E-state index in [4.69, 9.17) is 11.5 Å². The number of rotatable bonds is 14. The third kappa shape index (κ3) is 9.46. The van der Waals surface area contributed by atoms with Crippen molar-refractivity contribution in [3.63, 3.8) is 0 Å². The molecule has 1 aromatic heterocycles. The summed E-state index contributed by atoms with van der Waals surface area (Å²) in [4.78, 5) is 66.7. The second-order valence-electron chi connectivity index (χ2n) is 7.26.